The number of fused-ring (bicyclic) bond motifs is 4. The van der Waals surface area contributed by atoms with Crippen LogP contribution in [0.25, 0.3) is 11.0 Å². The molecule has 2 heterocycles. The molecule has 2 atom stereocenters. The zero-order chi connectivity index (χ0) is 22.1. The second-order valence-corrected chi connectivity index (χ2v) is 7.65. The third-order valence-corrected chi connectivity index (χ3v) is 5.71. The molecule has 2 aromatic carbocycles. The average Bonchev–Trinajstić information content (AvgIpc) is 3.13. The van der Waals surface area contributed by atoms with Crippen LogP contribution in [0, 0.1) is 0 Å². The number of aromatic nitrogens is 2. The van der Waals surface area contributed by atoms with Gasteiger partial charge in [-0.25, -0.2) is 9.97 Å². The third-order valence-electron chi connectivity index (χ3n) is 5.71. The molecule has 5 rings (SSSR count). The van der Waals surface area contributed by atoms with Crippen LogP contribution in [0.1, 0.15) is 22.0 Å². The number of hydrogen-bond donors (Lipinski definition) is 0. The highest BCUT2D eigenvalue weighted by Gasteiger charge is 2.40. The highest BCUT2D eigenvalue weighted by molar-refractivity contribution is 5.98. The number of ketones is 1. The summed E-state index contributed by atoms with van der Waals surface area (Å²) in [5, 5.41) is 0. The number of benzene rings is 2. The molecule has 0 saturated heterocycles. The van der Waals surface area contributed by atoms with Crippen molar-refractivity contribution >= 4 is 28.6 Å². The maximum absolute atomic E-state index is 12.7. The molecule has 7 nitrogen and oxygen atoms in total. The number of carbonyl (C=O) groups is 2. The van der Waals surface area contributed by atoms with Crippen LogP contribution in [0.5, 0.6) is 5.75 Å². The summed E-state index contributed by atoms with van der Waals surface area (Å²) in [4.78, 5) is 36.5. The van der Waals surface area contributed by atoms with Gasteiger partial charge in [-0.1, -0.05) is 36.4 Å². The summed E-state index contributed by atoms with van der Waals surface area (Å²) in [6, 6.07) is 14.3. The summed E-state index contributed by atoms with van der Waals surface area (Å²) in [5.41, 5.74) is 2.90. The van der Waals surface area contributed by atoms with Gasteiger partial charge in [0.15, 0.2) is 18.2 Å². The highest BCUT2D eigenvalue weighted by atomic mass is 16.5. The summed E-state index contributed by atoms with van der Waals surface area (Å²) in [5.74, 6) is 0.585. The van der Waals surface area contributed by atoms with Crippen LogP contribution in [-0.4, -0.2) is 48.0 Å². The van der Waals surface area contributed by atoms with Crippen molar-refractivity contribution < 1.29 is 19.1 Å². The lowest BCUT2D eigenvalue weighted by Crippen LogP contribution is -2.38. The van der Waals surface area contributed by atoms with E-state index in [4.69, 9.17) is 19.4 Å². The molecule has 0 N–H and O–H groups in total. The average molecular weight is 427 g/mol. The minimum Gasteiger partial charge on any atom is -0.497 e. The zero-order valence-electron chi connectivity index (χ0n) is 17.5. The molecule has 0 spiro atoms. The lowest BCUT2D eigenvalue weighted by Gasteiger charge is -2.26. The molecule has 1 aliphatic carbocycles. The molecule has 0 unspecified atom stereocenters. The minimum absolute atomic E-state index is 0.0147. The molecule has 3 aromatic rings. The molecular weight excluding hydrogens is 406 g/mol. The van der Waals surface area contributed by atoms with E-state index in [1.807, 2.05) is 47.4 Å². The molecule has 32 heavy (non-hydrogen) atoms. The number of allylic oxidation sites excluding steroid dienone is 2. The quantitative estimate of drug-likeness (QED) is 0.440. The lowest BCUT2D eigenvalue weighted by atomic mass is 9.95. The number of esters is 1. The van der Waals surface area contributed by atoms with Gasteiger partial charge in [0.05, 0.1) is 29.9 Å². The number of ether oxygens (including phenoxy) is 2. The molecule has 7 heteroatoms. The molecule has 0 saturated carbocycles. The van der Waals surface area contributed by atoms with Crippen molar-refractivity contribution in [3.8, 4) is 5.75 Å². The zero-order valence-corrected chi connectivity index (χ0v) is 17.5. The topological polar surface area (TPSA) is 81.6 Å². The van der Waals surface area contributed by atoms with E-state index in [9.17, 15) is 9.59 Å². The summed E-state index contributed by atoms with van der Waals surface area (Å²) >= 11 is 0. The van der Waals surface area contributed by atoms with E-state index in [0.29, 0.717) is 17.1 Å². The smallest absolute Gasteiger partial charge is 0.326 e. The standard InChI is InChI=1S/C25H21N3O4/c1-31-17-12-10-16(11-13-17)22(29)15-32-23(30)14-28-21-9-5-2-6-18(21)24-25(28)27-20-8-4-3-7-19(20)26-24/h2-13,18,21H,14-15H2,1H3/t18-,21-/m1/s1. The fourth-order valence-corrected chi connectivity index (χ4v) is 4.10. The SMILES string of the molecule is COc1ccc(C(=O)COC(=O)CN2c3nc4ccccc4nc3[C@@H]3C=CC=C[C@H]32)cc1. The first-order valence-electron chi connectivity index (χ1n) is 10.4. The highest BCUT2D eigenvalue weighted by Crippen LogP contribution is 2.42. The largest absolute Gasteiger partial charge is 0.497 e. The van der Waals surface area contributed by atoms with Gasteiger partial charge < -0.3 is 14.4 Å². The van der Waals surface area contributed by atoms with Crippen LogP contribution in [0.4, 0.5) is 5.82 Å². The van der Waals surface area contributed by atoms with Crippen molar-refractivity contribution in [1.29, 1.82) is 0 Å². The number of para-hydroxylation sites is 2. The van der Waals surface area contributed by atoms with E-state index in [1.54, 1.807) is 31.4 Å². The predicted octanol–water partition coefficient (Wildman–Crippen LogP) is 3.46. The number of hydrogen-bond acceptors (Lipinski definition) is 7. The first-order chi connectivity index (χ1) is 15.6. The Kier molecular flexibility index (Phi) is 5.15. The van der Waals surface area contributed by atoms with Crippen molar-refractivity contribution in [2.75, 3.05) is 25.2 Å². The minimum atomic E-state index is -0.489. The van der Waals surface area contributed by atoms with Crippen molar-refractivity contribution in [2.24, 2.45) is 0 Å². The normalized spacial score (nSPS) is 18.3. The van der Waals surface area contributed by atoms with E-state index in [2.05, 4.69) is 6.08 Å². The molecule has 0 bridgehead atoms. The van der Waals surface area contributed by atoms with E-state index in [1.165, 1.54) is 0 Å². The third kappa shape index (κ3) is 3.62. The molecule has 0 fully saturated rings. The van der Waals surface area contributed by atoms with Crippen molar-refractivity contribution in [3.63, 3.8) is 0 Å². The van der Waals surface area contributed by atoms with Crippen LogP contribution in [0.2, 0.25) is 0 Å². The van der Waals surface area contributed by atoms with Crippen LogP contribution in [-0.2, 0) is 9.53 Å². The Balaban J connectivity index is 1.32. The van der Waals surface area contributed by atoms with Gasteiger partial charge in [-0.3, -0.25) is 9.59 Å². The number of carbonyl (C=O) groups excluding carboxylic acids is 2. The molecule has 0 amide bonds. The van der Waals surface area contributed by atoms with E-state index in [-0.39, 0.29) is 30.9 Å². The maximum atomic E-state index is 12.7. The van der Waals surface area contributed by atoms with Gasteiger partial charge in [0, 0.05) is 11.5 Å². The van der Waals surface area contributed by atoms with Gasteiger partial charge >= 0.3 is 5.97 Å². The fraction of sp³-hybridized carbons (Fsp3) is 0.200. The van der Waals surface area contributed by atoms with Crippen molar-refractivity contribution in [2.45, 2.75) is 12.0 Å². The number of methoxy groups -OCH3 is 1. The second kappa shape index (κ2) is 8.26. The molecule has 0 radical (unpaired) electrons. The first kappa shape index (κ1) is 19.9. The predicted molar refractivity (Wildman–Crippen MR) is 120 cm³/mol. The fourth-order valence-electron chi connectivity index (χ4n) is 4.10. The van der Waals surface area contributed by atoms with Gasteiger partial charge in [0.25, 0.3) is 0 Å². The Hall–Kier alpha value is -4.00. The Morgan fingerprint density at radius 2 is 1.69 bits per heavy atom. The van der Waals surface area contributed by atoms with Gasteiger partial charge in [-0.2, -0.15) is 0 Å². The van der Waals surface area contributed by atoms with Gasteiger partial charge in [0.1, 0.15) is 12.3 Å². The molecule has 1 aliphatic heterocycles. The number of Topliss-reactive ketones (excluding diaryl/α,β-unsaturated/α-hetero) is 1. The summed E-state index contributed by atoms with van der Waals surface area (Å²) in [6.45, 7) is -0.339. The monoisotopic (exact) mass is 427 g/mol. The maximum Gasteiger partial charge on any atom is 0.326 e. The molecular formula is C25H21N3O4. The number of rotatable bonds is 6. The summed E-state index contributed by atoms with van der Waals surface area (Å²) in [6.07, 6.45) is 8.05. The van der Waals surface area contributed by atoms with Gasteiger partial charge in [0.2, 0.25) is 0 Å². The van der Waals surface area contributed by atoms with Gasteiger partial charge in [-0.15, -0.1) is 0 Å². The second-order valence-electron chi connectivity index (χ2n) is 7.65. The van der Waals surface area contributed by atoms with E-state index in [0.717, 1.165) is 16.7 Å². The van der Waals surface area contributed by atoms with E-state index < -0.39 is 5.97 Å². The molecule has 160 valence electrons. The molecule has 2 aliphatic rings. The Labute approximate surface area is 185 Å². The number of anilines is 1. The molecule has 1 aromatic heterocycles. The van der Waals surface area contributed by atoms with Crippen LogP contribution < -0.4 is 9.64 Å². The summed E-state index contributed by atoms with van der Waals surface area (Å²) in [7, 11) is 1.56. The summed E-state index contributed by atoms with van der Waals surface area (Å²) < 4.78 is 10.4. The Bertz CT molecular complexity index is 1250. The van der Waals surface area contributed by atoms with E-state index >= 15 is 0 Å². The lowest BCUT2D eigenvalue weighted by molar-refractivity contribution is -0.140. The van der Waals surface area contributed by atoms with Gasteiger partial charge in [-0.05, 0) is 36.4 Å². The number of nitrogens with zero attached hydrogens (tertiary/aromatic N) is 3. The van der Waals surface area contributed by atoms with Crippen molar-refractivity contribution in [1.82, 2.24) is 9.97 Å². The van der Waals surface area contributed by atoms with Crippen LogP contribution >= 0.6 is 0 Å². The Morgan fingerprint density at radius 3 is 2.44 bits per heavy atom. The van der Waals surface area contributed by atoms with Crippen molar-refractivity contribution in [3.05, 3.63) is 84.1 Å². The first-order valence-corrected chi connectivity index (χ1v) is 10.4. The van der Waals surface area contributed by atoms with Crippen LogP contribution in [0.3, 0.4) is 0 Å². The van der Waals surface area contributed by atoms with Crippen LogP contribution in [0.15, 0.2) is 72.8 Å². The Morgan fingerprint density at radius 1 is 0.969 bits per heavy atom.